The predicted octanol–water partition coefficient (Wildman–Crippen LogP) is 2.99. The third-order valence-electron chi connectivity index (χ3n) is 2.46. The number of anilines is 1. The van der Waals surface area contributed by atoms with Crippen LogP contribution >= 0.6 is 0 Å². The van der Waals surface area contributed by atoms with Crippen LogP contribution < -0.4 is 10.1 Å². The molecule has 1 aromatic carbocycles. The summed E-state index contributed by atoms with van der Waals surface area (Å²) in [5.74, 6) is -0.105. The van der Waals surface area contributed by atoms with Crippen LogP contribution in [0.4, 0.5) is 14.9 Å². The summed E-state index contributed by atoms with van der Waals surface area (Å²) in [6, 6.07) is 7.72. The second kappa shape index (κ2) is 5.34. The zero-order valence-corrected chi connectivity index (χ0v) is 10.1. The minimum Gasteiger partial charge on any atom is -0.494 e. The maximum atomic E-state index is 12.9. The fourth-order valence-electron chi connectivity index (χ4n) is 1.71. The molecule has 1 heterocycles. The van der Waals surface area contributed by atoms with Crippen molar-refractivity contribution in [2.45, 2.75) is 0 Å². The quantitative estimate of drug-likeness (QED) is 0.892. The van der Waals surface area contributed by atoms with E-state index in [1.54, 1.807) is 18.2 Å². The van der Waals surface area contributed by atoms with Gasteiger partial charge >= 0.3 is 6.09 Å². The van der Waals surface area contributed by atoms with Gasteiger partial charge in [-0.2, -0.15) is 0 Å². The van der Waals surface area contributed by atoms with Gasteiger partial charge in [0.2, 0.25) is 0 Å². The van der Waals surface area contributed by atoms with Crippen molar-refractivity contribution in [3.8, 4) is 17.0 Å². The van der Waals surface area contributed by atoms with E-state index in [4.69, 9.17) is 9.84 Å². The van der Waals surface area contributed by atoms with Gasteiger partial charge in [-0.3, -0.25) is 10.3 Å². The van der Waals surface area contributed by atoms with Crippen molar-refractivity contribution in [2.24, 2.45) is 0 Å². The highest BCUT2D eigenvalue weighted by molar-refractivity contribution is 5.88. The Bertz CT molecular complexity index is 599. The fourth-order valence-corrected chi connectivity index (χ4v) is 1.71. The topological polar surface area (TPSA) is 71.5 Å². The number of para-hydroxylation sites is 1. The van der Waals surface area contributed by atoms with Crippen LogP contribution in [0.3, 0.4) is 0 Å². The maximum Gasteiger partial charge on any atom is 0.409 e. The Kier molecular flexibility index (Phi) is 3.61. The van der Waals surface area contributed by atoms with E-state index in [-0.39, 0.29) is 0 Å². The number of rotatable bonds is 3. The Morgan fingerprint density at radius 2 is 2.16 bits per heavy atom. The van der Waals surface area contributed by atoms with Crippen LogP contribution in [0.5, 0.6) is 5.75 Å². The summed E-state index contributed by atoms with van der Waals surface area (Å²) < 4.78 is 18.1. The lowest BCUT2D eigenvalue weighted by molar-refractivity contribution is 0.209. The number of methoxy groups -OCH3 is 1. The second-order valence-electron chi connectivity index (χ2n) is 3.68. The van der Waals surface area contributed by atoms with E-state index in [0.29, 0.717) is 22.7 Å². The molecule has 0 bridgehead atoms. The van der Waals surface area contributed by atoms with Crippen LogP contribution in [0.1, 0.15) is 0 Å². The number of hydrogen-bond donors (Lipinski definition) is 2. The number of nitrogens with one attached hydrogen (secondary N) is 1. The minimum absolute atomic E-state index is 0.304. The molecule has 0 aliphatic rings. The van der Waals surface area contributed by atoms with Crippen molar-refractivity contribution < 1.29 is 19.0 Å². The summed E-state index contributed by atoms with van der Waals surface area (Å²) in [4.78, 5) is 14.6. The van der Waals surface area contributed by atoms with Gasteiger partial charge in [-0.15, -0.1) is 0 Å². The normalized spacial score (nSPS) is 10.0. The smallest absolute Gasteiger partial charge is 0.409 e. The predicted molar refractivity (Wildman–Crippen MR) is 67.8 cm³/mol. The monoisotopic (exact) mass is 262 g/mol. The van der Waals surface area contributed by atoms with Crippen molar-refractivity contribution in [1.82, 2.24) is 4.98 Å². The molecule has 0 radical (unpaired) electrons. The molecule has 0 unspecified atom stereocenters. The molecular formula is C13H11FN2O3. The molecule has 2 aromatic rings. The molecule has 5 nitrogen and oxygen atoms in total. The Balaban J connectivity index is 2.50. The summed E-state index contributed by atoms with van der Waals surface area (Å²) in [6.45, 7) is 0. The Morgan fingerprint density at radius 3 is 2.74 bits per heavy atom. The van der Waals surface area contributed by atoms with Gasteiger partial charge in [-0.05, 0) is 24.3 Å². The molecule has 0 spiro atoms. The second-order valence-corrected chi connectivity index (χ2v) is 3.68. The number of hydrogen-bond acceptors (Lipinski definition) is 3. The van der Waals surface area contributed by atoms with Gasteiger partial charge in [0.25, 0.3) is 0 Å². The number of benzene rings is 1. The summed E-state index contributed by atoms with van der Waals surface area (Å²) in [7, 11) is 1.43. The van der Waals surface area contributed by atoms with Crippen molar-refractivity contribution >= 4 is 11.8 Å². The molecule has 98 valence electrons. The SMILES string of the molecule is COc1c(NC(=O)O)cccc1-c1ccc(F)cn1. The number of pyridine rings is 1. The number of amides is 1. The molecule has 0 saturated carbocycles. The third kappa shape index (κ3) is 2.79. The third-order valence-corrected chi connectivity index (χ3v) is 2.46. The van der Waals surface area contributed by atoms with E-state index < -0.39 is 11.9 Å². The Labute approximate surface area is 108 Å². The number of aromatic nitrogens is 1. The average molecular weight is 262 g/mol. The summed E-state index contributed by atoms with van der Waals surface area (Å²) >= 11 is 0. The van der Waals surface area contributed by atoms with E-state index in [9.17, 15) is 9.18 Å². The van der Waals surface area contributed by atoms with Gasteiger partial charge in [0, 0.05) is 5.56 Å². The highest BCUT2D eigenvalue weighted by Gasteiger charge is 2.13. The zero-order valence-electron chi connectivity index (χ0n) is 10.1. The van der Waals surface area contributed by atoms with Gasteiger partial charge in [0.15, 0.2) is 5.75 Å². The van der Waals surface area contributed by atoms with Crippen molar-refractivity contribution in [2.75, 3.05) is 12.4 Å². The van der Waals surface area contributed by atoms with Gasteiger partial charge in [0.1, 0.15) is 5.82 Å². The van der Waals surface area contributed by atoms with Crippen molar-refractivity contribution in [3.63, 3.8) is 0 Å². The molecule has 2 rings (SSSR count). The van der Waals surface area contributed by atoms with Crippen LogP contribution in [0.25, 0.3) is 11.3 Å². The van der Waals surface area contributed by atoms with Crippen LogP contribution in [0.15, 0.2) is 36.5 Å². The lowest BCUT2D eigenvalue weighted by atomic mass is 10.1. The maximum absolute atomic E-state index is 12.9. The lowest BCUT2D eigenvalue weighted by Crippen LogP contribution is -2.08. The summed E-state index contributed by atoms with van der Waals surface area (Å²) in [5.41, 5.74) is 1.37. The Morgan fingerprint density at radius 1 is 1.37 bits per heavy atom. The number of carboxylic acid groups (broad SMARTS) is 1. The molecule has 0 aliphatic carbocycles. The van der Waals surface area contributed by atoms with E-state index in [2.05, 4.69) is 10.3 Å². The number of carbonyl (C=O) groups is 1. The first-order chi connectivity index (χ1) is 9.11. The van der Waals surface area contributed by atoms with Gasteiger partial charge in [-0.1, -0.05) is 6.07 Å². The largest absolute Gasteiger partial charge is 0.494 e. The van der Waals surface area contributed by atoms with Crippen LogP contribution in [-0.2, 0) is 0 Å². The van der Waals surface area contributed by atoms with E-state index >= 15 is 0 Å². The first-order valence-electron chi connectivity index (χ1n) is 5.40. The van der Waals surface area contributed by atoms with E-state index in [0.717, 1.165) is 6.20 Å². The molecular weight excluding hydrogens is 251 g/mol. The molecule has 2 N–H and O–H groups in total. The molecule has 1 amide bonds. The first kappa shape index (κ1) is 12.8. The molecule has 0 saturated heterocycles. The lowest BCUT2D eigenvalue weighted by Gasteiger charge is -2.12. The highest BCUT2D eigenvalue weighted by atomic mass is 19.1. The Hall–Kier alpha value is -2.63. The molecule has 1 aromatic heterocycles. The van der Waals surface area contributed by atoms with Gasteiger partial charge in [-0.25, -0.2) is 9.18 Å². The number of ether oxygens (including phenoxy) is 1. The van der Waals surface area contributed by atoms with Gasteiger partial charge < -0.3 is 9.84 Å². The van der Waals surface area contributed by atoms with E-state index in [1.807, 2.05) is 0 Å². The molecule has 0 fully saturated rings. The van der Waals surface area contributed by atoms with E-state index in [1.165, 1.54) is 19.2 Å². The van der Waals surface area contributed by atoms with Crippen LogP contribution in [0, 0.1) is 5.82 Å². The molecule has 0 aliphatic heterocycles. The van der Waals surface area contributed by atoms with Crippen molar-refractivity contribution in [3.05, 3.63) is 42.3 Å². The van der Waals surface area contributed by atoms with Crippen molar-refractivity contribution in [1.29, 1.82) is 0 Å². The molecule has 6 heteroatoms. The van der Waals surface area contributed by atoms with Crippen LogP contribution in [0.2, 0.25) is 0 Å². The highest BCUT2D eigenvalue weighted by Crippen LogP contribution is 2.35. The van der Waals surface area contributed by atoms with Crippen LogP contribution in [-0.4, -0.2) is 23.3 Å². The number of nitrogens with zero attached hydrogens (tertiary/aromatic N) is 1. The first-order valence-corrected chi connectivity index (χ1v) is 5.40. The molecule has 0 atom stereocenters. The zero-order chi connectivity index (χ0) is 13.8. The summed E-state index contributed by atoms with van der Waals surface area (Å²) in [6.07, 6.45) is -0.103. The fraction of sp³-hybridized carbons (Fsp3) is 0.0769. The minimum atomic E-state index is -1.19. The molecule has 19 heavy (non-hydrogen) atoms. The number of halogens is 1. The van der Waals surface area contributed by atoms with Gasteiger partial charge in [0.05, 0.1) is 24.7 Å². The average Bonchev–Trinajstić information content (AvgIpc) is 2.38. The standard InChI is InChI=1S/C13H11FN2O3/c1-19-12-9(10-6-5-8(14)7-15-10)3-2-4-11(12)16-13(17)18/h2-7,16H,1H3,(H,17,18). The summed E-state index contributed by atoms with van der Waals surface area (Å²) in [5, 5.41) is 11.0.